The summed E-state index contributed by atoms with van der Waals surface area (Å²) >= 11 is 1.25. The second-order valence-corrected chi connectivity index (χ2v) is 6.21. The number of aryl methyl sites for hydroxylation is 1. The van der Waals surface area contributed by atoms with Crippen LogP contribution in [0.15, 0.2) is 35.9 Å². The SMILES string of the molecule is CC(=O)c1ccc(NC(=O)/C=C(\C)C(=O)Nc2nnc(C)s2)cc1. The number of Topliss-reactive ketones (excluding diaryl/α,β-unsaturated/α-hetero) is 1. The lowest BCUT2D eigenvalue weighted by atomic mass is 10.1. The summed E-state index contributed by atoms with van der Waals surface area (Å²) in [6.07, 6.45) is 1.20. The number of benzene rings is 1. The van der Waals surface area contributed by atoms with Gasteiger partial charge in [-0.1, -0.05) is 11.3 Å². The van der Waals surface area contributed by atoms with Gasteiger partial charge in [0.25, 0.3) is 5.91 Å². The van der Waals surface area contributed by atoms with Crippen LogP contribution in [0.5, 0.6) is 0 Å². The Morgan fingerprint density at radius 3 is 2.25 bits per heavy atom. The van der Waals surface area contributed by atoms with Crippen molar-refractivity contribution >= 4 is 39.8 Å². The molecule has 24 heavy (non-hydrogen) atoms. The van der Waals surface area contributed by atoms with Gasteiger partial charge in [-0.3, -0.25) is 19.7 Å². The molecule has 1 heterocycles. The molecule has 1 aromatic carbocycles. The van der Waals surface area contributed by atoms with Crippen LogP contribution in [0.1, 0.15) is 29.2 Å². The van der Waals surface area contributed by atoms with Crippen molar-refractivity contribution < 1.29 is 14.4 Å². The maximum absolute atomic E-state index is 12.0. The molecule has 0 spiro atoms. The van der Waals surface area contributed by atoms with E-state index in [1.165, 1.54) is 31.3 Å². The molecule has 2 N–H and O–H groups in total. The van der Waals surface area contributed by atoms with Crippen molar-refractivity contribution in [3.63, 3.8) is 0 Å². The first kappa shape index (κ1) is 17.5. The smallest absolute Gasteiger partial charge is 0.253 e. The van der Waals surface area contributed by atoms with Crippen LogP contribution in [-0.2, 0) is 9.59 Å². The van der Waals surface area contributed by atoms with Crippen molar-refractivity contribution in [3.8, 4) is 0 Å². The molecular formula is C16H16N4O3S. The lowest BCUT2D eigenvalue weighted by molar-refractivity contribution is -0.114. The standard InChI is InChI=1S/C16H16N4O3S/c1-9(15(23)18-16-20-19-11(3)24-16)8-14(22)17-13-6-4-12(5-7-13)10(2)21/h4-8H,1-3H3,(H,17,22)(H,18,20,23)/b9-8+. The van der Waals surface area contributed by atoms with Gasteiger partial charge in [-0.15, -0.1) is 10.2 Å². The Morgan fingerprint density at radius 2 is 1.71 bits per heavy atom. The zero-order valence-electron chi connectivity index (χ0n) is 13.4. The van der Waals surface area contributed by atoms with Crippen molar-refractivity contribution in [2.45, 2.75) is 20.8 Å². The van der Waals surface area contributed by atoms with E-state index in [1.807, 2.05) is 0 Å². The molecule has 0 atom stereocenters. The lowest BCUT2D eigenvalue weighted by Gasteiger charge is -2.04. The van der Waals surface area contributed by atoms with Gasteiger partial charge in [-0.2, -0.15) is 0 Å². The fourth-order valence-electron chi connectivity index (χ4n) is 1.77. The minimum Gasteiger partial charge on any atom is -0.323 e. The fourth-order valence-corrected chi connectivity index (χ4v) is 2.36. The van der Waals surface area contributed by atoms with Gasteiger partial charge in [0.2, 0.25) is 11.0 Å². The summed E-state index contributed by atoms with van der Waals surface area (Å²) in [5, 5.41) is 13.9. The third-order valence-corrected chi connectivity index (χ3v) is 3.77. The Labute approximate surface area is 142 Å². The van der Waals surface area contributed by atoms with Crippen LogP contribution in [0.25, 0.3) is 0 Å². The van der Waals surface area contributed by atoms with Gasteiger partial charge < -0.3 is 5.32 Å². The van der Waals surface area contributed by atoms with E-state index in [2.05, 4.69) is 20.8 Å². The van der Waals surface area contributed by atoms with Crippen molar-refractivity contribution in [2.75, 3.05) is 10.6 Å². The van der Waals surface area contributed by atoms with Crippen LogP contribution < -0.4 is 10.6 Å². The molecular weight excluding hydrogens is 328 g/mol. The first-order valence-corrected chi connectivity index (χ1v) is 7.88. The number of nitrogens with zero attached hydrogens (tertiary/aromatic N) is 2. The third-order valence-electron chi connectivity index (χ3n) is 3.01. The number of anilines is 2. The minimum atomic E-state index is -0.438. The van der Waals surface area contributed by atoms with Gasteiger partial charge in [-0.25, -0.2) is 0 Å². The average molecular weight is 344 g/mol. The number of hydrogen-bond donors (Lipinski definition) is 2. The quantitative estimate of drug-likeness (QED) is 0.641. The number of amides is 2. The number of rotatable bonds is 5. The van der Waals surface area contributed by atoms with Crippen molar-refractivity contribution in [1.29, 1.82) is 0 Å². The van der Waals surface area contributed by atoms with E-state index in [0.717, 1.165) is 5.01 Å². The highest BCUT2D eigenvalue weighted by Gasteiger charge is 2.10. The van der Waals surface area contributed by atoms with Crippen LogP contribution in [0.3, 0.4) is 0 Å². The molecule has 2 amide bonds. The zero-order valence-corrected chi connectivity index (χ0v) is 14.2. The van der Waals surface area contributed by atoms with Gasteiger partial charge in [0, 0.05) is 22.9 Å². The van der Waals surface area contributed by atoms with Crippen LogP contribution in [0, 0.1) is 6.92 Å². The lowest BCUT2D eigenvalue weighted by Crippen LogP contribution is -2.16. The summed E-state index contributed by atoms with van der Waals surface area (Å²) in [6, 6.07) is 6.50. The van der Waals surface area contributed by atoms with Gasteiger partial charge in [-0.05, 0) is 45.0 Å². The Hall–Kier alpha value is -2.87. The Bertz CT molecular complexity index is 809. The maximum atomic E-state index is 12.0. The molecule has 2 rings (SSSR count). The van der Waals surface area contributed by atoms with Gasteiger partial charge in [0.15, 0.2) is 5.78 Å². The van der Waals surface area contributed by atoms with E-state index >= 15 is 0 Å². The fraction of sp³-hybridized carbons (Fsp3) is 0.188. The van der Waals surface area contributed by atoms with E-state index in [1.54, 1.807) is 31.2 Å². The number of ketones is 1. The molecule has 124 valence electrons. The van der Waals surface area contributed by atoms with Crippen LogP contribution in [0.2, 0.25) is 0 Å². The Morgan fingerprint density at radius 1 is 1.04 bits per heavy atom. The molecule has 1 aromatic heterocycles. The molecule has 0 saturated carbocycles. The molecule has 8 heteroatoms. The van der Waals surface area contributed by atoms with Crippen molar-refractivity contribution in [1.82, 2.24) is 10.2 Å². The normalized spacial score (nSPS) is 11.0. The predicted octanol–water partition coefficient (Wildman–Crippen LogP) is 2.57. The zero-order chi connectivity index (χ0) is 17.7. The molecule has 0 bridgehead atoms. The highest BCUT2D eigenvalue weighted by atomic mass is 32.1. The monoisotopic (exact) mass is 344 g/mol. The summed E-state index contributed by atoms with van der Waals surface area (Å²) < 4.78 is 0. The van der Waals surface area contributed by atoms with E-state index in [0.29, 0.717) is 16.4 Å². The van der Waals surface area contributed by atoms with Crippen LogP contribution in [-0.4, -0.2) is 27.8 Å². The molecule has 0 fully saturated rings. The minimum absolute atomic E-state index is 0.0489. The van der Waals surface area contributed by atoms with Crippen molar-refractivity contribution in [3.05, 3.63) is 46.5 Å². The van der Waals surface area contributed by atoms with Crippen molar-refractivity contribution in [2.24, 2.45) is 0 Å². The summed E-state index contributed by atoms with van der Waals surface area (Å²) in [5.41, 5.74) is 1.33. The molecule has 0 aliphatic carbocycles. The molecule has 0 radical (unpaired) electrons. The average Bonchev–Trinajstić information content (AvgIpc) is 2.92. The topological polar surface area (TPSA) is 101 Å². The van der Waals surface area contributed by atoms with E-state index in [9.17, 15) is 14.4 Å². The van der Waals surface area contributed by atoms with E-state index in [4.69, 9.17) is 0 Å². The summed E-state index contributed by atoms with van der Waals surface area (Å²) in [4.78, 5) is 35.1. The predicted molar refractivity (Wildman–Crippen MR) is 92.1 cm³/mol. The number of carbonyl (C=O) groups excluding carboxylic acids is 3. The first-order chi connectivity index (χ1) is 11.3. The third kappa shape index (κ3) is 4.82. The van der Waals surface area contributed by atoms with Gasteiger partial charge in [0.05, 0.1) is 0 Å². The number of carbonyl (C=O) groups is 3. The number of hydrogen-bond acceptors (Lipinski definition) is 6. The van der Waals surface area contributed by atoms with Crippen LogP contribution in [0.4, 0.5) is 10.8 Å². The molecule has 0 aliphatic heterocycles. The van der Waals surface area contributed by atoms with Gasteiger partial charge in [0.1, 0.15) is 5.01 Å². The number of nitrogens with one attached hydrogen (secondary N) is 2. The van der Waals surface area contributed by atoms with Gasteiger partial charge >= 0.3 is 0 Å². The highest BCUT2D eigenvalue weighted by molar-refractivity contribution is 7.15. The highest BCUT2D eigenvalue weighted by Crippen LogP contribution is 2.15. The molecule has 0 saturated heterocycles. The first-order valence-electron chi connectivity index (χ1n) is 7.07. The molecule has 2 aromatic rings. The summed E-state index contributed by atoms with van der Waals surface area (Å²) in [6.45, 7) is 4.78. The van der Waals surface area contributed by atoms with E-state index in [-0.39, 0.29) is 11.4 Å². The largest absolute Gasteiger partial charge is 0.323 e. The molecule has 0 aliphatic rings. The summed E-state index contributed by atoms with van der Waals surface area (Å²) in [7, 11) is 0. The number of aromatic nitrogens is 2. The van der Waals surface area contributed by atoms with E-state index < -0.39 is 11.8 Å². The second kappa shape index (κ2) is 7.60. The maximum Gasteiger partial charge on any atom is 0.253 e. The molecule has 7 nitrogen and oxygen atoms in total. The summed E-state index contributed by atoms with van der Waals surface area (Å²) in [5.74, 6) is -0.910. The molecule has 0 unspecified atom stereocenters. The van der Waals surface area contributed by atoms with Crippen LogP contribution >= 0.6 is 11.3 Å². The Kier molecular flexibility index (Phi) is 5.54. The Balaban J connectivity index is 1.97. The second-order valence-electron chi connectivity index (χ2n) is 5.03.